The van der Waals surface area contributed by atoms with E-state index in [-0.39, 0.29) is 18.4 Å². The summed E-state index contributed by atoms with van der Waals surface area (Å²) in [6.45, 7) is 3.88. The zero-order chi connectivity index (χ0) is 17.4. The molecule has 0 saturated heterocycles. The van der Waals surface area contributed by atoms with Crippen molar-refractivity contribution in [2.24, 2.45) is 7.05 Å². The number of anilines is 1. The average molecular weight is 347 g/mol. The van der Waals surface area contributed by atoms with Crippen LogP contribution in [0.5, 0.6) is 0 Å². The first-order valence-electron chi connectivity index (χ1n) is 7.38. The van der Waals surface area contributed by atoms with Gasteiger partial charge in [-0.25, -0.2) is 0 Å². The maximum absolute atomic E-state index is 12.4. The molecule has 2 N–H and O–H groups in total. The molecule has 3 heterocycles. The number of aliphatic carboxylic acids is 1. The number of aromatic nitrogens is 4. The summed E-state index contributed by atoms with van der Waals surface area (Å²) in [7, 11) is 1.86. The summed E-state index contributed by atoms with van der Waals surface area (Å²) in [5.41, 5.74) is 0.966. The number of nitrogens with zero attached hydrogens (tertiary/aromatic N) is 4. The molecule has 0 aromatic carbocycles. The third-order valence-electron chi connectivity index (χ3n) is 3.49. The zero-order valence-corrected chi connectivity index (χ0v) is 14.3. The lowest BCUT2D eigenvalue weighted by atomic mass is 10.1. The highest BCUT2D eigenvalue weighted by Gasteiger charge is 2.19. The molecule has 0 unspecified atom stereocenters. The second-order valence-electron chi connectivity index (χ2n) is 5.74. The SMILES string of the molecule is CC(C)c1nn(C)c2sc(C(=O)Nc3ccn(CC(=O)O)n3)cc12. The van der Waals surface area contributed by atoms with Crippen LogP contribution in [0.3, 0.4) is 0 Å². The van der Waals surface area contributed by atoms with Gasteiger partial charge in [0.15, 0.2) is 5.82 Å². The van der Waals surface area contributed by atoms with Crippen molar-refractivity contribution in [3.05, 3.63) is 28.9 Å². The molecule has 0 fully saturated rings. The molecule has 0 saturated carbocycles. The summed E-state index contributed by atoms with van der Waals surface area (Å²) in [5, 5.41) is 20.9. The van der Waals surface area contributed by atoms with Gasteiger partial charge in [-0.3, -0.25) is 19.0 Å². The first kappa shape index (κ1) is 16.2. The number of carbonyl (C=O) groups is 2. The molecule has 8 nitrogen and oxygen atoms in total. The van der Waals surface area contributed by atoms with Gasteiger partial charge in [0.1, 0.15) is 11.4 Å². The molecule has 0 bridgehead atoms. The Morgan fingerprint density at radius 2 is 2.12 bits per heavy atom. The van der Waals surface area contributed by atoms with Crippen molar-refractivity contribution in [2.45, 2.75) is 26.3 Å². The van der Waals surface area contributed by atoms with Crippen LogP contribution in [0, 0.1) is 0 Å². The molecule has 0 atom stereocenters. The zero-order valence-electron chi connectivity index (χ0n) is 13.5. The number of rotatable bonds is 5. The summed E-state index contributed by atoms with van der Waals surface area (Å²) < 4.78 is 3.04. The number of fused-ring (bicyclic) bond motifs is 1. The van der Waals surface area contributed by atoms with E-state index < -0.39 is 5.97 Å². The maximum Gasteiger partial charge on any atom is 0.325 e. The van der Waals surface area contributed by atoms with E-state index >= 15 is 0 Å². The Morgan fingerprint density at radius 3 is 2.79 bits per heavy atom. The number of hydrogen-bond acceptors (Lipinski definition) is 5. The molecule has 0 aliphatic carbocycles. The van der Waals surface area contributed by atoms with Crippen molar-refractivity contribution in [3.63, 3.8) is 0 Å². The second kappa shape index (κ2) is 6.08. The van der Waals surface area contributed by atoms with Crippen molar-refractivity contribution in [2.75, 3.05) is 5.32 Å². The van der Waals surface area contributed by atoms with Gasteiger partial charge in [0.25, 0.3) is 5.91 Å². The van der Waals surface area contributed by atoms with Crippen molar-refractivity contribution in [1.82, 2.24) is 19.6 Å². The highest BCUT2D eigenvalue weighted by atomic mass is 32.1. The highest BCUT2D eigenvalue weighted by Crippen LogP contribution is 2.31. The fourth-order valence-corrected chi connectivity index (χ4v) is 3.41. The lowest BCUT2D eigenvalue weighted by Crippen LogP contribution is -2.13. The number of carbonyl (C=O) groups excluding carboxylic acids is 1. The van der Waals surface area contributed by atoms with Crippen LogP contribution >= 0.6 is 11.3 Å². The summed E-state index contributed by atoms with van der Waals surface area (Å²) in [4.78, 5) is 24.6. The Hall–Kier alpha value is -2.68. The van der Waals surface area contributed by atoms with Crippen LogP contribution in [0.25, 0.3) is 10.2 Å². The average Bonchev–Trinajstić information content (AvgIpc) is 3.15. The fraction of sp³-hybridized carbons (Fsp3) is 0.333. The van der Waals surface area contributed by atoms with E-state index in [1.807, 2.05) is 13.1 Å². The maximum atomic E-state index is 12.4. The van der Waals surface area contributed by atoms with E-state index in [4.69, 9.17) is 5.11 Å². The smallest absolute Gasteiger partial charge is 0.325 e. The number of aryl methyl sites for hydroxylation is 1. The van der Waals surface area contributed by atoms with Gasteiger partial charge in [0.2, 0.25) is 0 Å². The van der Waals surface area contributed by atoms with Crippen LogP contribution in [-0.2, 0) is 18.4 Å². The van der Waals surface area contributed by atoms with Crippen LogP contribution < -0.4 is 5.32 Å². The van der Waals surface area contributed by atoms with E-state index in [9.17, 15) is 9.59 Å². The minimum absolute atomic E-state index is 0.248. The Morgan fingerprint density at radius 1 is 1.38 bits per heavy atom. The van der Waals surface area contributed by atoms with Gasteiger partial charge < -0.3 is 10.4 Å². The highest BCUT2D eigenvalue weighted by molar-refractivity contribution is 7.20. The lowest BCUT2D eigenvalue weighted by Gasteiger charge is -2.00. The van der Waals surface area contributed by atoms with Crippen molar-refractivity contribution >= 4 is 39.2 Å². The first-order valence-corrected chi connectivity index (χ1v) is 8.20. The van der Waals surface area contributed by atoms with Crippen LogP contribution in [0.15, 0.2) is 18.3 Å². The van der Waals surface area contributed by atoms with Crippen molar-refractivity contribution < 1.29 is 14.7 Å². The largest absolute Gasteiger partial charge is 0.480 e. The van der Waals surface area contributed by atoms with Crippen LogP contribution in [-0.4, -0.2) is 36.5 Å². The van der Waals surface area contributed by atoms with Crippen LogP contribution in [0.2, 0.25) is 0 Å². The second-order valence-corrected chi connectivity index (χ2v) is 6.77. The van der Waals surface area contributed by atoms with E-state index in [1.54, 1.807) is 10.7 Å². The molecule has 1 amide bonds. The lowest BCUT2D eigenvalue weighted by molar-refractivity contribution is -0.137. The van der Waals surface area contributed by atoms with E-state index in [0.29, 0.717) is 10.7 Å². The molecule has 0 spiro atoms. The Kier molecular flexibility index (Phi) is 4.10. The Labute approximate surface area is 141 Å². The third kappa shape index (κ3) is 3.02. The normalized spacial score (nSPS) is 11.3. The minimum Gasteiger partial charge on any atom is -0.480 e. The topological polar surface area (TPSA) is 102 Å². The van der Waals surface area contributed by atoms with Crippen LogP contribution in [0.1, 0.15) is 35.1 Å². The predicted octanol–water partition coefficient (Wildman–Crippen LogP) is 2.29. The molecule has 3 aromatic heterocycles. The van der Waals surface area contributed by atoms with E-state index in [0.717, 1.165) is 15.9 Å². The number of hydrogen-bond donors (Lipinski definition) is 2. The number of carboxylic acid groups (broad SMARTS) is 1. The van der Waals surface area contributed by atoms with Gasteiger partial charge in [-0.1, -0.05) is 13.8 Å². The fourth-order valence-electron chi connectivity index (χ4n) is 2.44. The number of amides is 1. The van der Waals surface area contributed by atoms with Gasteiger partial charge in [-0.2, -0.15) is 10.2 Å². The summed E-state index contributed by atoms with van der Waals surface area (Å²) >= 11 is 1.37. The minimum atomic E-state index is -0.991. The van der Waals surface area contributed by atoms with Gasteiger partial charge in [-0.05, 0) is 12.0 Å². The van der Waals surface area contributed by atoms with Crippen LogP contribution in [0.4, 0.5) is 5.82 Å². The van der Waals surface area contributed by atoms with Gasteiger partial charge in [0.05, 0.1) is 10.6 Å². The first-order chi connectivity index (χ1) is 11.3. The molecule has 24 heavy (non-hydrogen) atoms. The standard InChI is InChI=1S/C15H17N5O3S/c1-8(2)13-9-6-10(24-15(9)19(3)18-13)14(23)16-11-4-5-20(17-11)7-12(21)22/h4-6,8H,7H2,1-3H3,(H,21,22)(H,16,17,23). The third-order valence-corrected chi connectivity index (χ3v) is 4.69. The van der Waals surface area contributed by atoms with Gasteiger partial charge in [0, 0.05) is 24.7 Å². The van der Waals surface area contributed by atoms with E-state index in [2.05, 4.69) is 29.4 Å². The molecular weight excluding hydrogens is 330 g/mol. The molecule has 0 aliphatic rings. The summed E-state index contributed by atoms with van der Waals surface area (Å²) in [5.74, 6) is -0.674. The van der Waals surface area contributed by atoms with Crippen molar-refractivity contribution in [3.8, 4) is 0 Å². The van der Waals surface area contributed by atoms with E-state index in [1.165, 1.54) is 22.2 Å². The molecule has 0 radical (unpaired) electrons. The molecule has 3 aromatic rings. The quantitative estimate of drug-likeness (QED) is 0.737. The number of thiophene rings is 1. The summed E-state index contributed by atoms with van der Waals surface area (Å²) in [6, 6.07) is 3.40. The molecule has 0 aliphatic heterocycles. The Bertz CT molecular complexity index is 921. The molecule has 9 heteroatoms. The van der Waals surface area contributed by atoms with Gasteiger partial charge in [-0.15, -0.1) is 11.3 Å². The Balaban J connectivity index is 1.82. The molecular formula is C15H17N5O3S. The molecule has 3 rings (SSSR count). The van der Waals surface area contributed by atoms with Crippen molar-refractivity contribution in [1.29, 1.82) is 0 Å². The monoisotopic (exact) mass is 347 g/mol. The number of nitrogens with one attached hydrogen (secondary N) is 1. The number of carboxylic acids is 1. The van der Waals surface area contributed by atoms with Gasteiger partial charge >= 0.3 is 5.97 Å². The molecule has 126 valence electrons. The summed E-state index contributed by atoms with van der Waals surface area (Å²) in [6.07, 6.45) is 1.51. The predicted molar refractivity (Wildman–Crippen MR) is 90.5 cm³/mol.